The molecule has 1 aromatic rings. The summed E-state index contributed by atoms with van der Waals surface area (Å²) in [5.41, 5.74) is 8.01. The molecule has 0 bridgehead atoms. The van der Waals surface area contributed by atoms with Crippen molar-refractivity contribution in [2.45, 2.75) is 51.7 Å². The maximum atomic E-state index is 6.07. The number of ether oxygens (including phenoxy) is 1. The maximum absolute atomic E-state index is 6.07. The van der Waals surface area contributed by atoms with E-state index in [1.165, 1.54) is 37.7 Å². The lowest BCUT2D eigenvalue weighted by molar-refractivity contribution is 0.154. The van der Waals surface area contributed by atoms with Gasteiger partial charge < -0.3 is 10.5 Å². The fraction of sp³-hybridized carbons (Fsp3) is 0.571. The quantitative estimate of drug-likeness (QED) is 0.847. The van der Waals surface area contributed by atoms with E-state index in [9.17, 15) is 0 Å². The van der Waals surface area contributed by atoms with Crippen LogP contribution in [0.5, 0.6) is 5.75 Å². The minimum Gasteiger partial charge on any atom is -0.490 e. The van der Waals surface area contributed by atoms with Gasteiger partial charge in [0.25, 0.3) is 0 Å². The Morgan fingerprint density at radius 2 is 2.00 bits per heavy atom. The Morgan fingerprint density at radius 1 is 1.25 bits per heavy atom. The third-order valence-electron chi connectivity index (χ3n) is 3.33. The second kappa shape index (κ2) is 5.35. The summed E-state index contributed by atoms with van der Waals surface area (Å²) in [6, 6.07) is 6.26. The highest BCUT2D eigenvalue weighted by Crippen LogP contribution is 2.26. The molecule has 2 nitrogen and oxygen atoms in total. The van der Waals surface area contributed by atoms with E-state index in [-0.39, 0.29) is 0 Å². The zero-order valence-electron chi connectivity index (χ0n) is 10.0. The molecule has 0 heterocycles. The van der Waals surface area contributed by atoms with Crippen LogP contribution in [0, 0.1) is 6.92 Å². The second-order valence-corrected chi connectivity index (χ2v) is 4.68. The molecule has 0 radical (unpaired) electrons. The van der Waals surface area contributed by atoms with E-state index in [0.717, 1.165) is 11.3 Å². The highest BCUT2D eigenvalue weighted by molar-refractivity contribution is 5.36. The fourth-order valence-electron chi connectivity index (χ4n) is 2.26. The van der Waals surface area contributed by atoms with E-state index in [2.05, 4.69) is 25.1 Å². The van der Waals surface area contributed by atoms with E-state index in [1.54, 1.807) is 0 Å². The van der Waals surface area contributed by atoms with Gasteiger partial charge in [0, 0.05) is 6.54 Å². The molecule has 1 aliphatic carbocycles. The van der Waals surface area contributed by atoms with Crippen LogP contribution >= 0.6 is 0 Å². The van der Waals surface area contributed by atoms with Gasteiger partial charge >= 0.3 is 0 Å². The van der Waals surface area contributed by atoms with E-state index >= 15 is 0 Å². The first-order valence-corrected chi connectivity index (χ1v) is 6.26. The zero-order chi connectivity index (χ0) is 11.4. The van der Waals surface area contributed by atoms with Crippen LogP contribution in [0.3, 0.4) is 0 Å². The average Bonchev–Trinajstić information content (AvgIpc) is 2.33. The highest BCUT2D eigenvalue weighted by atomic mass is 16.5. The van der Waals surface area contributed by atoms with Gasteiger partial charge in [-0.15, -0.1) is 0 Å². The molecule has 0 unspecified atom stereocenters. The van der Waals surface area contributed by atoms with Crippen molar-refractivity contribution in [1.29, 1.82) is 0 Å². The van der Waals surface area contributed by atoms with E-state index in [4.69, 9.17) is 10.5 Å². The van der Waals surface area contributed by atoms with Crippen molar-refractivity contribution in [2.75, 3.05) is 0 Å². The normalized spacial score (nSPS) is 17.4. The number of aryl methyl sites for hydroxylation is 1. The molecular formula is C14H21NO. The van der Waals surface area contributed by atoms with Gasteiger partial charge in [0.2, 0.25) is 0 Å². The van der Waals surface area contributed by atoms with Crippen molar-refractivity contribution in [3.8, 4) is 5.75 Å². The van der Waals surface area contributed by atoms with Crippen molar-refractivity contribution in [1.82, 2.24) is 0 Å². The van der Waals surface area contributed by atoms with Crippen LogP contribution < -0.4 is 10.5 Å². The van der Waals surface area contributed by atoms with E-state index in [1.807, 2.05) is 0 Å². The standard InChI is InChI=1S/C14H21NO/c1-11-7-8-12(10-15)9-14(11)16-13-5-3-2-4-6-13/h7-9,13H,2-6,10,15H2,1H3. The third kappa shape index (κ3) is 2.76. The minimum atomic E-state index is 0.417. The molecule has 2 N–H and O–H groups in total. The molecule has 0 atom stereocenters. The van der Waals surface area contributed by atoms with Crippen molar-refractivity contribution < 1.29 is 4.74 Å². The predicted molar refractivity (Wildman–Crippen MR) is 66.6 cm³/mol. The third-order valence-corrected chi connectivity index (χ3v) is 3.33. The number of nitrogens with two attached hydrogens (primary N) is 1. The van der Waals surface area contributed by atoms with E-state index in [0.29, 0.717) is 12.6 Å². The Labute approximate surface area is 97.8 Å². The summed E-state index contributed by atoms with van der Waals surface area (Å²) in [6.07, 6.45) is 6.79. The van der Waals surface area contributed by atoms with Gasteiger partial charge in [-0.2, -0.15) is 0 Å². The van der Waals surface area contributed by atoms with Gasteiger partial charge in [0.15, 0.2) is 0 Å². The van der Waals surface area contributed by atoms with Crippen LogP contribution in [0.4, 0.5) is 0 Å². The maximum Gasteiger partial charge on any atom is 0.122 e. The zero-order valence-corrected chi connectivity index (χ0v) is 10.0. The first-order chi connectivity index (χ1) is 7.79. The number of benzene rings is 1. The summed E-state index contributed by atoms with van der Waals surface area (Å²) in [7, 11) is 0. The summed E-state index contributed by atoms with van der Waals surface area (Å²) in [5, 5.41) is 0. The largest absolute Gasteiger partial charge is 0.490 e. The molecule has 0 saturated heterocycles. The second-order valence-electron chi connectivity index (χ2n) is 4.68. The summed E-state index contributed by atoms with van der Waals surface area (Å²) in [5.74, 6) is 1.02. The van der Waals surface area contributed by atoms with Crippen molar-refractivity contribution in [3.05, 3.63) is 29.3 Å². The Hall–Kier alpha value is -1.02. The van der Waals surface area contributed by atoms with Crippen molar-refractivity contribution >= 4 is 0 Å². The molecule has 0 aromatic heterocycles. The van der Waals surface area contributed by atoms with Gasteiger partial charge in [-0.05, 0) is 49.8 Å². The molecular weight excluding hydrogens is 198 g/mol. The van der Waals surface area contributed by atoms with Gasteiger partial charge in [-0.1, -0.05) is 18.6 Å². The molecule has 1 saturated carbocycles. The summed E-state index contributed by atoms with van der Waals surface area (Å²) in [6.45, 7) is 2.68. The lowest BCUT2D eigenvalue weighted by Gasteiger charge is -2.24. The number of rotatable bonds is 3. The van der Waals surface area contributed by atoms with Crippen LogP contribution in [0.25, 0.3) is 0 Å². The topological polar surface area (TPSA) is 35.2 Å². The Morgan fingerprint density at radius 3 is 2.69 bits per heavy atom. The summed E-state index contributed by atoms with van der Waals surface area (Å²) < 4.78 is 6.07. The van der Waals surface area contributed by atoms with Crippen molar-refractivity contribution in [3.63, 3.8) is 0 Å². The van der Waals surface area contributed by atoms with Crippen LogP contribution in [0.15, 0.2) is 18.2 Å². The van der Waals surface area contributed by atoms with Gasteiger partial charge in [-0.3, -0.25) is 0 Å². The molecule has 0 amide bonds. The number of hydrogen-bond acceptors (Lipinski definition) is 2. The Bertz CT molecular complexity index is 343. The molecule has 16 heavy (non-hydrogen) atoms. The molecule has 0 spiro atoms. The molecule has 2 heteroatoms. The molecule has 1 aromatic carbocycles. The molecule has 1 fully saturated rings. The minimum absolute atomic E-state index is 0.417. The highest BCUT2D eigenvalue weighted by Gasteiger charge is 2.15. The monoisotopic (exact) mass is 219 g/mol. The van der Waals surface area contributed by atoms with Crippen LogP contribution in [-0.2, 0) is 6.54 Å². The Balaban J connectivity index is 2.06. The average molecular weight is 219 g/mol. The first-order valence-electron chi connectivity index (χ1n) is 6.26. The molecule has 1 aliphatic rings. The van der Waals surface area contributed by atoms with E-state index < -0.39 is 0 Å². The summed E-state index contributed by atoms with van der Waals surface area (Å²) >= 11 is 0. The van der Waals surface area contributed by atoms with Crippen LogP contribution in [-0.4, -0.2) is 6.10 Å². The fourth-order valence-corrected chi connectivity index (χ4v) is 2.26. The molecule has 0 aliphatic heterocycles. The van der Waals surface area contributed by atoms with Gasteiger partial charge in [0.1, 0.15) is 5.75 Å². The molecule has 2 rings (SSSR count). The number of hydrogen-bond donors (Lipinski definition) is 1. The van der Waals surface area contributed by atoms with Gasteiger partial charge in [-0.25, -0.2) is 0 Å². The van der Waals surface area contributed by atoms with Crippen molar-refractivity contribution in [2.24, 2.45) is 5.73 Å². The smallest absolute Gasteiger partial charge is 0.122 e. The van der Waals surface area contributed by atoms with Crippen LogP contribution in [0.1, 0.15) is 43.2 Å². The van der Waals surface area contributed by atoms with Gasteiger partial charge in [0.05, 0.1) is 6.10 Å². The SMILES string of the molecule is Cc1ccc(CN)cc1OC1CCCCC1. The lowest BCUT2D eigenvalue weighted by atomic mass is 9.97. The lowest BCUT2D eigenvalue weighted by Crippen LogP contribution is -2.20. The summed E-state index contributed by atoms with van der Waals surface area (Å²) in [4.78, 5) is 0. The Kier molecular flexibility index (Phi) is 3.83. The molecule has 88 valence electrons. The first kappa shape index (κ1) is 11.5. The van der Waals surface area contributed by atoms with Crippen LogP contribution in [0.2, 0.25) is 0 Å². The predicted octanol–water partition coefficient (Wildman–Crippen LogP) is 3.17.